The number of benzene rings is 1. The molecule has 1 atom stereocenters. The zero-order valence-corrected chi connectivity index (χ0v) is 11.7. The highest BCUT2D eigenvalue weighted by Gasteiger charge is 2.38. The smallest absolute Gasteiger partial charge is 0.256 e. The van der Waals surface area contributed by atoms with E-state index in [9.17, 15) is 4.79 Å². The molecule has 1 saturated heterocycles. The fourth-order valence-electron chi connectivity index (χ4n) is 1.99. The molecular formula is C14H18NO2P. The predicted molar refractivity (Wildman–Crippen MR) is 74.8 cm³/mol. The Hall–Kier alpha value is -1.18. The Morgan fingerprint density at radius 2 is 2.11 bits per heavy atom. The average molecular weight is 263 g/mol. The van der Waals surface area contributed by atoms with Crippen LogP contribution in [0.5, 0.6) is 0 Å². The largest absolute Gasteiger partial charge is 0.272 e. The number of hydrogen-bond donors (Lipinski definition) is 0. The number of nitrogens with zero attached hydrogens (tertiary/aromatic N) is 1. The van der Waals surface area contributed by atoms with E-state index in [0.29, 0.717) is 6.61 Å². The molecule has 1 fully saturated rings. The fraction of sp³-hybridized carbons (Fsp3) is 0.429. The molecule has 0 radical (unpaired) electrons. The van der Waals surface area contributed by atoms with Gasteiger partial charge < -0.3 is 0 Å². The van der Waals surface area contributed by atoms with Crippen LogP contribution in [0.2, 0.25) is 0 Å². The van der Waals surface area contributed by atoms with Gasteiger partial charge in [0.25, 0.3) is 5.91 Å². The van der Waals surface area contributed by atoms with E-state index in [1.807, 2.05) is 44.2 Å². The van der Waals surface area contributed by atoms with Crippen LogP contribution in [0.4, 0.5) is 0 Å². The van der Waals surface area contributed by atoms with E-state index in [0.717, 1.165) is 12.0 Å². The van der Waals surface area contributed by atoms with Crippen LogP contribution >= 0.6 is 8.86 Å². The minimum absolute atomic E-state index is 0.0181. The van der Waals surface area contributed by atoms with Crippen molar-refractivity contribution in [2.24, 2.45) is 5.41 Å². The molecule has 4 heteroatoms. The van der Waals surface area contributed by atoms with Crippen LogP contribution in [0.25, 0.3) is 0 Å². The molecule has 1 aliphatic heterocycles. The standard InChI is InChI=1S/C14H18NO2P/c1-14(2,10-18)13(16)15-12(8-9-17-15)11-6-4-3-5-7-11/h3-7,10,12,18H,8-9H2,1-2H3. The van der Waals surface area contributed by atoms with Crippen molar-refractivity contribution in [1.82, 2.24) is 5.06 Å². The van der Waals surface area contributed by atoms with Gasteiger partial charge in [0, 0.05) is 6.42 Å². The van der Waals surface area contributed by atoms with Crippen molar-refractivity contribution in [3.05, 3.63) is 35.9 Å². The second-order valence-corrected chi connectivity index (χ2v) is 5.33. The van der Waals surface area contributed by atoms with Gasteiger partial charge in [-0.3, -0.25) is 9.63 Å². The molecule has 1 unspecified atom stereocenters. The van der Waals surface area contributed by atoms with Gasteiger partial charge in [-0.05, 0) is 25.2 Å². The van der Waals surface area contributed by atoms with Gasteiger partial charge in [-0.1, -0.05) is 30.3 Å². The number of hydrogen-bond acceptors (Lipinski definition) is 2. The van der Waals surface area contributed by atoms with Crippen LogP contribution in [0, 0.1) is 5.41 Å². The molecule has 18 heavy (non-hydrogen) atoms. The molecule has 0 bridgehead atoms. The van der Waals surface area contributed by atoms with Gasteiger partial charge in [0.2, 0.25) is 0 Å². The van der Waals surface area contributed by atoms with Gasteiger partial charge in [0.05, 0.1) is 18.1 Å². The maximum Gasteiger partial charge on any atom is 0.256 e. The first-order valence-corrected chi connectivity index (χ1v) is 6.67. The lowest BCUT2D eigenvalue weighted by molar-refractivity contribution is -0.183. The highest BCUT2D eigenvalue weighted by atomic mass is 31.0. The summed E-state index contributed by atoms with van der Waals surface area (Å²) in [6, 6.07) is 10.0. The van der Waals surface area contributed by atoms with E-state index in [2.05, 4.69) is 8.86 Å². The molecule has 1 aliphatic rings. The Balaban J connectivity index is 2.23. The van der Waals surface area contributed by atoms with Crippen LogP contribution < -0.4 is 0 Å². The lowest BCUT2D eigenvalue weighted by Gasteiger charge is -2.29. The summed E-state index contributed by atoms with van der Waals surface area (Å²) in [6.45, 7) is 4.32. The van der Waals surface area contributed by atoms with Crippen LogP contribution in [-0.2, 0) is 9.63 Å². The summed E-state index contributed by atoms with van der Waals surface area (Å²) in [5.41, 5.74) is 0.543. The van der Waals surface area contributed by atoms with Crippen molar-refractivity contribution < 1.29 is 9.63 Å². The molecule has 0 saturated carbocycles. The molecule has 96 valence electrons. The topological polar surface area (TPSA) is 29.5 Å². The van der Waals surface area contributed by atoms with E-state index in [-0.39, 0.29) is 11.9 Å². The monoisotopic (exact) mass is 263 g/mol. The minimum atomic E-state index is -0.575. The number of carbonyl (C=O) groups is 1. The Bertz CT molecular complexity index is 444. The number of hydroxylamine groups is 2. The summed E-state index contributed by atoms with van der Waals surface area (Å²) >= 11 is 0. The zero-order valence-electron chi connectivity index (χ0n) is 10.7. The second-order valence-electron chi connectivity index (χ2n) is 5.05. The minimum Gasteiger partial charge on any atom is -0.272 e. The first kappa shape index (κ1) is 13.3. The fourth-order valence-corrected chi connectivity index (χ4v) is 2.12. The summed E-state index contributed by atoms with van der Waals surface area (Å²) in [5, 5.41) is 1.52. The van der Waals surface area contributed by atoms with Crippen LogP contribution in [-0.4, -0.2) is 23.4 Å². The van der Waals surface area contributed by atoms with Crippen molar-refractivity contribution in [3.63, 3.8) is 0 Å². The van der Waals surface area contributed by atoms with Crippen LogP contribution in [0.1, 0.15) is 31.9 Å². The normalized spacial score (nSPS) is 19.9. The van der Waals surface area contributed by atoms with Crippen molar-refractivity contribution in [2.45, 2.75) is 26.3 Å². The summed E-state index contributed by atoms with van der Waals surface area (Å²) in [7, 11) is 3.32. The third-order valence-electron chi connectivity index (χ3n) is 3.20. The summed E-state index contributed by atoms with van der Waals surface area (Å²) in [4.78, 5) is 17.9. The van der Waals surface area contributed by atoms with Crippen molar-refractivity contribution in [1.29, 1.82) is 0 Å². The lowest BCUT2D eigenvalue weighted by Crippen LogP contribution is -2.40. The van der Waals surface area contributed by atoms with Crippen LogP contribution in [0.15, 0.2) is 30.3 Å². The highest BCUT2D eigenvalue weighted by molar-refractivity contribution is 7.18. The molecule has 1 amide bonds. The van der Waals surface area contributed by atoms with E-state index >= 15 is 0 Å². The first-order chi connectivity index (χ1) is 8.56. The second kappa shape index (κ2) is 5.21. The number of amides is 1. The maximum atomic E-state index is 12.4. The van der Waals surface area contributed by atoms with Gasteiger partial charge in [-0.25, -0.2) is 5.06 Å². The van der Waals surface area contributed by atoms with Gasteiger partial charge >= 0.3 is 0 Å². The highest BCUT2D eigenvalue weighted by Crippen LogP contribution is 2.33. The third-order valence-corrected chi connectivity index (χ3v) is 3.92. The quantitative estimate of drug-likeness (QED) is 0.785. The Morgan fingerprint density at radius 1 is 1.44 bits per heavy atom. The van der Waals surface area contributed by atoms with Gasteiger partial charge in [-0.15, -0.1) is 8.86 Å². The molecule has 0 spiro atoms. The number of carbonyl (C=O) groups excluding carboxylic acids is 1. The Kier molecular flexibility index (Phi) is 3.84. The number of rotatable bonds is 3. The molecule has 0 N–H and O–H groups in total. The van der Waals surface area contributed by atoms with Gasteiger partial charge in [0.15, 0.2) is 0 Å². The molecule has 0 aromatic heterocycles. The molecule has 1 aromatic carbocycles. The van der Waals surface area contributed by atoms with E-state index in [1.54, 1.807) is 5.80 Å². The predicted octanol–water partition coefficient (Wildman–Crippen LogP) is 2.86. The van der Waals surface area contributed by atoms with E-state index in [1.165, 1.54) is 5.06 Å². The summed E-state index contributed by atoms with van der Waals surface area (Å²) in [5.74, 6) is 1.70. The molecule has 2 rings (SSSR count). The maximum absolute atomic E-state index is 12.4. The molecular weight excluding hydrogens is 245 g/mol. The van der Waals surface area contributed by atoms with Crippen molar-refractivity contribution in [3.8, 4) is 0 Å². The zero-order chi connectivity index (χ0) is 13.2. The Labute approximate surface area is 110 Å². The lowest BCUT2D eigenvalue weighted by atomic mass is 9.93. The van der Waals surface area contributed by atoms with E-state index in [4.69, 9.17) is 4.84 Å². The molecule has 3 nitrogen and oxygen atoms in total. The van der Waals surface area contributed by atoms with E-state index < -0.39 is 5.41 Å². The Morgan fingerprint density at radius 3 is 2.72 bits per heavy atom. The molecule has 1 heterocycles. The summed E-state index contributed by atoms with van der Waals surface area (Å²) in [6.07, 6.45) is 0.841. The molecule has 0 aliphatic carbocycles. The summed E-state index contributed by atoms with van der Waals surface area (Å²) < 4.78 is 0. The van der Waals surface area contributed by atoms with Crippen molar-refractivity contribution in [2.75, 3.05) is 6.61 Å². The third kappa shape index (κ3) is 2.47. The molecule has 1 aromatic rings. The van der Waals surface area contributed by atoms with Crippen molar-refractivity contribution >= 4 is 20.6 Å². The van der Waals surface area contributed by atoms with Crippen LogP contribution in [0.3, 0.4) is 0 Å². The van der Waals surface area contributed by atoms with Gasteiger partial charge in [0.1, 0.15) is 0 Å². The first-order valence-electron chi connectivity index (χ1n) is 6.09. The SMILES string of the molecule is CC(C)(C=P)C(=O)N1OCCC1c1ccccc1. The average Bonchev–Trinajstić information content (AvgIpc) is 2.87. The van der Waals surface area contributed by atoms with Gasteiger partial charge in [-0.2, -0.15) is 0 Å².